The minimum atomic E-state index is -0.286. The molecule has 0 radical (unpaired) electrons. The Labute approximate surface area is 129 Å². The fourth-order valence-corrected chi connectivity index (χ4v) is 3.25. The molecule has 1 aromatic rings. The van der Waals surface area contributed by atoms with Crippen LogP contribution in [0.4, 0.5) is 0 Å². The Morgan fingerprint density at radius 2 is 1.86 bits per heavy atom. The number of benzene rings is 1. The number of halogens is 1. The summed E-state index contributed by atoms with van der Waals surface area (Å²) in [6.45, 7) is 2.15. The molecule has 2 saturated heterocycles. The molecular weight excluding hydrogens is 288 g/mol. The number of hydrogen-bond acceptors (Lipinski definition) is 2. The van der Waals surface area contributed by atoms with Crippen molar-refractivity contribution >= 4 is 23.4 Å². The van der Waals surface area contributed by atoms with Crippen molar-refractivity contribution in [2.75, 3.05) is 13.1 Å². The third-order valence-corrected chi connectivity index (χ3v) is 4.55. The van der Waals surface area contributed by atoms with Gasteiger partial charge in [0.15, 0.2) is 0 Å². The molecule has 112 valence electrons. The third-order valence-electron chi connectivity index (χ3n) is 4.30. The molecule has 5 heteroatoms. The van der Waals surface area contributed by atoms with Gasteiger partial charge in [-0.2, -0.15) is 0 Å². The van der Waals surface area contributed by atoms with Crippen LogP contribution in [0, 0.1) is 0 Å². The first-order chi connectivity index (χ1) is 10.1. The highest BCUT2D eigenvalue weighted by Crippen LogP contribution is 2.25. The van der Waals surface area contributed by atoms with E-state index >= 15 is 0 Å². The van der Waals surface area contributed by atoms with Crippen molar-refractivity contribution in [3.05, 3.63) is 34.9 Å². The Balaban J connectivity index is 1.73. The molecule has 0 bridgehead atoms. The van der Waals surface area contributed by atoms with Crippen LogP contribution in [0.2, 0.25) is 5.02 Å². The van der Waals surface area contributed by atoms with Crippen LogP contribution in [-0.2, 0) is 16.1 Å². The van der Waals surface area contributed by atoms with Gasteiger partial charge in [0.2, 0.25) is 11.8 Å². The predicted molar refractivity (Wildman–Crippen MR) is 80.8 cm³/mol. The van der Waals surface area contributed by atoms with Crippen molar-refractivity contribution in [2.45, 2.75) is 38.3 Å². The number of carbonyl (C=O) groups excluding carboxylic acids is 2. The molecular formula is C16H19ClN2O2. The topological polar surface area (TPSA) is 40.6 Å². The van der Waals surface area contributed by atoms with Crippen LogP contribution in [0.3, 0.4) is 0 Å². The summed E-state index contributed by atoms with van der Waals surface area (Å²) in [6, 6.07) is 7.16. The molecule has 2 aliphatic heterocycles. The Morgan fingerprint density at radius 3 is 2.52 bits per heavy atom. The number of amides is 2. The lowest BCUT2D eigenvalue weighted by atomic mass is 10.1. The first-order valence-electron chi connectivity index (χ1n) is 7.48. The highest BCUT2D eigenvalue weighted by Gasteiger charge is 2.38. The predicted octanol–water partition coefficient (Wildman–Crippen LogP) is 2.45. The van der Waals surface area contributed by atoms with E-state index in [1.54, 1.807) is 4.90 Å². The highest BCUT2D eigenvalue weighted by molar-refractivity contribution is 6.30. The second kappa shape index (κ2) is 6.06. The van der Waals surface area contributed by atoms with Crippen LogP contribution >= 0.6 is 11.6 Å². The molecule has 2 fully saturated rings. The van der Waals surface area contributed by atoms with E-state index in [-0.39, 0.29) is 17.9 Å². The van der Waals surface area contributed by atoms with E-state index in [1.807, 2.05) is 29.2 Å². The van der Waals surface area contributed by atoms with E-state index in [0.717, 1.165) is 31.5 Å². The van der Waals surface area contributed by atoms with E-state index in [4.69, 9.17) is 11.6 Å². The summed E-state index contributed by atoms with van der Waals surface area (Å²) >= 11 is 5.88. The van der Waals surface area contributed by atoms with Crippen LogP contribution in [-0.4, -0.2) is 40.7 Å². The molecule has 2 heterocycles. The van der Waals surface area contributed by atoms with Gasteiger partial charge in [-0.25, -0.2) is 0 Å². The lowest BCUT2D eigenvalue weighted by Crippen LogP contribution is -2.45. The summed E-state index contributed by atoms with van der Waals surface area (Å²) in [5.41, 5.74) is 1.01. The van der Waals surface area contributed by atoms with E-state index in [2.05, 4.69) is 0 Å². The maximum atomic E-state index is 12.6. The Bertz CT molecular complexity index is 538. The SMILES string of the molecule is O=C([C@@H]1CCC(=O)N1Cc1ccc(Cl)cc1)N1CCCC1. The van der Waals surface area contributed by atoms with Gasteiger partial charge in [0, 0.05) is 31.1 Å². The smallest absolute Gasteiger partial charge is 0.245 e. The number of nitrogens with zero attached hydrogens (tertiary/aromatic N) is 2. The molecule has 0 unspecified atom stereocenters. The lowest BCUT2D eigenvalue weighted by Gasteiger charge is -2.28. The van der Waals surface area contributed by atoms with Crippen LogP contribution in [0.1, 0.15) is 31.2 Å². The van der Waals surface area contributed by atoms with Crippen molar-refractivity contribution in [2.24, 2.45) is 0 Å². The average Bonchev–Trinajstić information content (AvgIpc) is 3.12. The summed E-state index contributed by atoms with van der Waals surface area (Å²) in [6.07, 6.45) is 3.26. The second-order valence-electron chi connectivity index (χ2n) is 5.73. The van der Waals surface area contributed by atoms with Gasteiger partial charge in [-0.1, -0.05) is 23.7 Å². The summed E-state index contributed by atoms with van der Waals surface area (Å²) < 4.78 is 0. The van der Waals surface area contributed by atoms with E-state index < -0.39 is 0 Å². The molecule has 21 heavy (non-hydrogen) atoms. The molecule has 4 nitrogen and oxygen atoms in total. The number of rotatable bonds is 3. The lowest BCUT2D eigenvalue weighted by molar-refractivity contribution is -0.141. The fraction of sp³-hybridized carbons (Fsp3) is 0.500. The number of likely N-dealkylation sites (tertiary alicyclic amines) is 2. The summed E-state index contributed by atoms with van der Waals surface area (Å²) in [4.78, 5) is 28.3. The molecule has 0 aliphatic carbocycles. The van der Waals surface area contributed by atoms with Crippen molar-refractivity contribution in [1.82, 2.24) is 9.80 Å². The summed E-state index contributed by atoms with van der Waals surface area (Å²) in [5, 5.41) is 0.677. The minimum Gasteiger partial charge on any atom is -0.341 e. The van der Waals surface area contributed by atoms with Crippen LogP contribution in [0.15, 0.2) is 24.3 Å². The molecule has 0 spiro atoms. The number of hydrogen-bond donors (Lipinski definition) is 0. The van der Waals surface area contributed by atoms with Crippen molar-refractivity contribution in [1.29, 1.82) is 0 Å². The zero-order chi connectivity index (χ0) is 14.8. The van der Waals surface area contributed by atoms with Crippen LogP contribution < -0.4 is 0 Å². The average molecular weight is 307 g/mol. The van der Waals surface area contributed by atoms with Gasteiger partial charge in [0.1, 0.15) is 6.04 Å². The van der Waals surface area contributed by atoms with Crippen LogP contribution in [0.5, 0.6) is 0 Å². The molecule has 0 saturated carbocycles. The maximum Gasteiger partial charge on any atom is 0.245 e. The van der Waals surface area contributed by atoms with E-state index in [0.29, 0.717) is 24.4 Å². The van der Waals surface area contributed by atoms with Gasteiger partial charge in [-0.3, -0.25) is 9.59 Å². The van der Waals surface area contributed by atoms with Crippen molar-refractivity contribution < 1.29 is 9.59 Å². The third kappa shape index (κ3) is 3.05. The Kier molecular flexibility index (Phi) is 4.15. The molecule has 3 rings (SSSR count). The molecule has 0 N–H and O–H groups in total. The Morgan fingerprint density at radius 1 is 1.19 bits per heavy atom. The second-order valence-corrected chi connectivity index (χ2v) is 6.17. The quantitative estimate of drug-likeness (QED) is 0.860. The summed E-state index contributed by atoms with van der Waals surface area (Å²) in [5.74, 6) is 0.190. The molecule has 0 aromatic heterocycles. The Hall–Kier alpha value is -1.55. The highest BCUT2D eigenvalue weighted by atomic mass is 35.5. The molecule has 1 atom stereocenters. The zero-order valence-corrected chi connectivity index (χ0v) is 12.7. The first-order valence-corrected chi connectivity index (χ1v) is 7.85. The maximum absolute atomic E-state index is 12.6. The molecule has 2 amide bonds. The fourth-order valence-electron chi connectivity index (χ4n) is 3.12. The van der Waals surface area contributed by atoms with Gasteiger partial charge in [-0.15, -0.1) is 0 Å². The molecule has 1 aromatic carbocycles. The first kappa shape index (κ1) is 14.4. The van der Waals surface area contributed by atoms with Gasteiger partial charge in [0.25, 0.3) is 0 Å². The van der Waals surface area contributed by atoms with Crippen molar-refractivity contribution in [3.63, 3.8) is 0 Å². The van der Waals surface area contributed by atoms with E-state index in [9.17, 15) is 9.59 Å². The zero-order valence-electron chi connectivity index (χ0n) is 11.9. The standard InChI is InChI=1S/C16H19ClN2O2/c17-13-5-3-12(4-6-13)11-19-14(7-8-15(19)20)16(21)18-9-1-2-10-18/h3-6,14H,1-2,7-11H2/t14-/m0/s1. The normalized spacial score (nSPS) is 22.1. The van der Waals surface area contributed by atoms with Gasteiger partial charge in [-0.05, 0) is 37.0 Å². The monoisotopic (exact) mass is 306 g/mol. The van der Waals surface area contributed by atoms with Gasteiger partial charge in [0.05, 0.1) is 0 Å². The molecule has 2 aliphatic rings. The summed E-state index contributed by atoms with van der Waals surface area (Å²) in [7, 11) is 0. The van der Waals surface area contributed by atoms with Gasteiger partial charge >= 0.3 is 0 Å². The minimum absolute atomic E-state index is 0.0718. The largest absolute Gasteiger partial charge is 0.341 e. The van der Waals surface area contributed by atoms with Crippen LogP contribution in [0.25, 0.3) is 0 Å². The van der Waals surface area contributed by atoms with Gasteiger partial charge < -0.3 is 9.80 Å². The number of carbonyl (C=O) groups is 2. The van der Waals surface area contributed by atoms with E-state index in [1.165, 1.54) is 0 Å². The van der Waals surface area contributed by atoms with Crippen molar-refractivity contribution in [3.8, 4) is 0 Å².